The number of esters is 1. The van der Waals surface area contributed by atoms with Crippen molar-refractivity contribution in [2.75, 3.05) is 6.61 Å². The zero-order valence-electron chi connectivity index (χ0n) is 8.49. The van der Waals surface area contributed by atoms with Crippen molar-refractivity contribution < 1.29 is 9.53 Å². The van der Waals surface area contributed by atoms with Crippen LogP contribution in [0.2, 0.25) is 0 Å². The number of rotatable bonds is 2. The van der Waals surface area contributed by atoms with Gasteiger partial charge in [-0.2, -0.15) is 0 Å². The molecule has 75 valence electrons. The lowest BCUT2D eigenvalue weighted by atomic mass is 10.1. The molecule has 0 aliphatic heterocycles. The summed E-state index contributed by atoms with van der Waals surface area (Å²) < 4.78 is 4.98. The summed E-state index contributed by atoms with van der Waals surface area (Å²) >= 11 is 0. The molecule has 0 bridgehead atoms. The third-order valence-electron chi connectivity index (χ3n) is 2.20. The molecule has 0 saturated heterocycles. The van der Waals surface area contributed by atoms with E-state index in [0.29, 0.717) is 12.2 Å². The van der Waals surface area contributed by atoms with E-state index in [2.05, 4.69) is 6.07 Å². The first-order chi connectivity index (χ1) is 7.33. The van der Waals surface area contributed by atoms with Gasteiger partial charge in [0.05, 0.1) is 12.2 Å². The quantitative estimate of drug-likeness (QED) is 0.695. The summed E-state index contributed by atoms with van der Waals surface area (Å²) in [5, 5.41) is 1.82. The number of benzene rings is 2. The fourth-order valence-corrected chi connectivity index (χ4v) is 1.54. The molecule has 1 radical (unpaired) electrons. The van der Waals surface area contributed by atoms with Crippen molar-refractivity contribution >= 4 is 16.7 Å². The fraction of sp³-hybridized carbons (Fsp3) is 0.154. The predicted octanol–water partition coefficient (Wildman–Crippen LogP) is 2.82. The summed E-state index contributed by atoms with van der Waals surface area (Å²) in [6, 6.07) is 14.2. The maximum atomic E-state index is 11.6. The van der Waals surface area contributed by atoms with Gasteiger partial charge in [-0.05, 0) is 29.8 Å². The van der Waals surface area contributed by atoms with Crippen LogP contribution in [0.5, 0.6) is 0 Å². The van der Waals surface area contributed by atoms with Crippen LogP contribution >= 0.6 is 0 Å². The van der Waals surface area contributed by atoms with Crippen molar-refractivity contribution in [3.63, 3.8) is 0 Å². The predicted molar refractivity (Wildman–Crippen MR) is 58.7 cm³/mol. The van der Waals surface area contributed by atoms with Crippen molar-refractivity contribution in [2.45, 2.75) is 6.92 Å². The van der Waals surface area contributed by atoms with Crippen LogP contribution in [0, 0.1) is 6.07 Å². The first-order valence-corrected chi connectivity index (χ1v) is 4.89. The molecule has 0 heterocycles. The molecule has 0 spiro atoms. The minimum absolute atomic E-state index is 0.275. The normalized spacial score (nSPS) is 10.2. The van der Waals surface area contributed by atoms with Crippen LogP contribution in [0.15, 0.2) is 36.4 Å². The minimum Gasteiger partial charge on any atom is -0.462 e. The lowest BCUT2D eigenvalue weighted by Gasteiger charge is -2.05. The molecule has 2 aromatic rings. The molecular formula is C13H11O2. The van der Waals surface area contributed by atoms with E-state index in [4.69, 9.17) is 4.74 Å². The van der Waals surface area contributed by atoms with Crippen molar-refractivity contribution in [3.8, 4) is 0 Å². The van der Waals surface area contributed by atoms with E-state index in [1.165, 1.54) is 0 Å². The van der Waals surface area contributed by atoms with Gasteiger partial charge in [0.2, 0.25) is 0 Å². The molecule has 2 heteroatoms. The van der Waals surface area contributed by atoms with Gasteiger partial charge in [-0.3, -0.25) is 0 Å². The molecule has 0 atom stereocenters. The number of carbonyl (C=O) groups excluding carboxylic acids is 1. The Bertz CT molecular complexity index is 483. The van der Waals surface area contributed by atoms with Crippen molar-refractivity contribution in [2.24, 2.45) is 0 Å². The van der Waals surface area contributed by atoms with E-state index in [-0.39, 0.29) is 5.97 Å². The number of carbonyl (C=O) groups is 1. The molecule has 0 unspecified atom stereocenters. The Labute approximate surface area is 88.5 Å². The van der Waals surface area contributed by atoms with Gasteiger partial charge in [-0.25, -0.2) is 4.79 Å². The highest BCUT2D eigenvalue weighted by atomic mass is 16.5. The number of hydrogen-bond donors (Lipinski definition) is 0. The Balaban J connectivity index is 2.56. The molecule has 15 heavy (non-hydrogen) atoms. The molecule has 0 fully saturated rings. The third-order valence-corrected chi connectivity index (χ3v) is 2.20. The zero-order chi connectivity index (χ0) is 10.7. The second kappa shape index (κ2) is 4.13. The van der Waals surface area contributed by atoms with E-state index in [1.807, 2.05) is 30.3 Å². The largest absolute Gasteiger partial charge is 0.462 e. The Kier molecular flexibility index (Phi) is 2.68. The summed E-state index contributed by atoms with van der Waals surface area (Å²) in [5.41, 5.74) is 0.603. The van der Waals surface area contributed by atoms with Gasteiger partial charge >= 0.3 is 5.97 Å². The summed E-state index contributed by atoms with van der Waals surface area (Å²) in [5.74, 6) is -0.275. The topological polar surface area (TPSA) is 26.3 Å². The smallest absolute Gasteiger partial charge is 0.338 e. The van der Waals surface area contributed by atoms with Crippen molar-refractivity contribution in [3.05, 3.63) is 48.0 Å². The molecule has 2 rings (SSSR count). The molecule has 2 nitrogen and oxygen atoms in total. The van der Waals surface area contributed by atoms with Gasteiger partial charge in [0.1, 0.15) is 0 Å². The Hall–Kier alpha value is -1.83. The Morgan fingerprint density at radius 1 is 1.33 bits per heavy atom. The highest BCUT2D eigenvalue weighted by molar-refractivity contribution is 6.04. The van der Waals surface area contributed by atoms with Crippen LogP contribution in [0.1, 0.15) is 17.3 Å². The van der Waals surface area contributed by atoms with Crippen molar-refractivity contribution in [1.82, 2.24) is 0 Å². The van der Waals surface area contributed by atoms with Crippen LogP contribution in [-0.2, 0) is 4.74 Å². The minimum atomic E-state index is -0.275. The number of hydrogen-bond acceptors (Lipinski definition) is 2. The summed E-state index contributed by atoms with van der Waals surface area (Å²) in [4.78, 5) is 11.6. The molecule has 0 N–H and O–H groups in total. The first kappa shape index (κ1) is 9.71. The fourth-order valence-electron chi connectivity index (χ4n) is 1.54. The summed E-state index contributed by atoms with van der Waals surface area (Å²) in [6.07, 6.45) is 0. The monoisotopic (exact) mass is 199 g/mol. The van der Waals surface area contributed by atoms with Crippen LogP contribution in [0.25, 0.3) is 10.8 Å². The lowest BCUT2D eigenvalue weighted by molar-refractivity contribution is 0.0528. The average molecular weight is 199 g/mol. The molecular weight excluding hydrogens is 188 g/mol. The van der Waals surface area contributed by atoms with Crippen LogP contribution in [0.3, 0.4) is 0 Å². The van der Waals surface area contributed by atoms with Crippen LogP contribution in [-0.4, -0.2) is 12.6 Å². The van der Waals surface area contributed by atoms with Gasteiger partial charge in [-0.1, -0.05) is 30.3 Å². The summed E-state index contributed by atoms with van der Waals surface area (Å²) in [7, 11) is 0. The lowest BCUT2D eigenvalue weighted by Crippen LogP contribution is -2.04. The maximum absolute atomic E-state index is 11.6. The number of ether oxygens (including phenoxy) is 1. The zero-order valence-corrected chi connectivity index (χ0v) is 8.49. The van der Waals surface area contributed by atoms with E-state index < -0.39 is 0 Å². The van der Waals surface area contributed by atoms with Gasteiger partial charge in [0.25, 0.3) is 0 Å². The van der Waals surface area contributed by atoms with Crippen molar-refractivity contribution in [1.29, 1.82) is 0 Å². The second-order valence-corrected chi connectivity index (χ2v) is 3.16. The van der Waals surface area contributed by atoms with E-state index in [1.54, 1.807) is 13.0 Å². The SMILES string of the molecule is CCOC(=O)c1cccc2[c]cccc12. The molecule has 0 aliphatic rings. The highest BCUT2D eigenvalue weighted by Crippen LogP contribution is 2.18. The van der Waals surface area contributed by atoms with Crippen LogP contribution in [0.4, 0.5) is 0 Å². The second-order valence-electron chi connectivity index (χ2n) is 3.16. The Morgan fingerprint density at radius 3 is 3.00 bits per heavy atom. The average Bonchev–Trinajstić information content (AvgIpc) is 2.28. The molecule has 0 aliphatic carbocycles. The van der Waals surface area contributed by atoms with Gasteiger partial charge in [0.15, 0.2) is 0 Å². The third kappa shape index (κ3) is 1.84. The molecule has 0 saturated carbocycles. The van der Waals surface area contributed by atoms with Gasteiger partial charge in [0, 0.05) is 0 Å². The van der Waals surface area contributed by atoms with Gasteiger partial charge in [-0.15, -0.1) is 0 Å². The molecule has 0 amide bonds. The van der Waals surface area contributed by atoms with Gasteiger partial charge < -0.3 is 4.74 Å². The summed E-state index contributed by atoms with van der Waals surface area (Å²) in [6.45, 7) is 2.20. The standard InChI is InChI=1S/C13H11O2/c1-2-15-13(14)12-9-5-7-10-6-3-4-8-11(10)12/h3-5,7-9H,2H2,1H3. The first-order valence-electron chi connectivity index (χ1n) is 4.89. The van der Waals surface area contributed by atoms with E-state index >= 15 is 0 Å². The Morgan fingerprint density at radius 2 is 2.20 bits per heavy atom. The maximum Gasteiger partial charge on any atom is 0.338 e. The number of fused-ring (bicyclic) bond motifs is 1. The van der Waals surface area contributed by atoms with E-state index in [0.717, 1.165) is 10.8 Å². The molecule has 0 aromatic heterocycles. The van der Waals surface area contributed by atoms with Crippen LogP contribution < -0.4 is 0 Å². The highest BCUT2D eigenvalue weighted by Gasteiger charge is 2.09. The van der Waals surface area contributed by atoms with E-state index in [9.17, 15) is 4.79 Å². The molecule has 2 aromatic carbocycles.